The standard InChI is InChI=1S/C13H18O3/c1-9(2)16-12-6-5-11(14)7-13(12)15-8-10-3-4-10/h5-7,9-10,14H,3-4,8H2,1-2H3. The molecular weight excluding hydrogens is 204 g/mol. The van der Waals surface area contributed by atoms with E-state index in [-0.39, 0.29) is 11.9 Å². The van der Waals surface area contributed by atoms with Gasteiger partial charge in [-0.3, -0.25) is 0 Å². The fraction of sp³-hybridized carbons (Fsp3) is 0.538. The van der Waals surface area contributed by atoms with Gasteiger partial charge in [-0.15, -0.1) is 0 Å². The van der Waals surface area contributed by atoms with Gasteiger partial charge < -0.3 is 14.6 Å². The smallest absolute Gasteiger partial charge is 0.164 e. The van der Waals surface area contributed by atoms with E-state index in [0.29, 0.717) is 17.4 Å². The Morgan fingerprint density at radius 2 is 2.06 bits per heavy atom. The van der Waals surface area contributed by atoms with Crippen molar-refractivity contribution in [1.29, 1.82) is 0 Å². The quantitative estimate of drug-likeness (QED) is 0.832. The van der Waals surface area contributed by atoms with E-state index < -0.39 is 0 Å². The molecule has 1 aromatic carbocycles. The van der Waals surface area contributed by atoms with Crippen molar-refractivity contribution in [3.63, 3.8) is 0 Å². The van der Waals surface area contributed by atoms with E-state index in [0.717, 1.165) is 6.61 Å². The van der Waals surface area contributed by atoms with Gasteiger partial charge in [0.2, 0.25) is 0 Å². The van der Waals surface area contributed by atoms with E-state index in [1.54, 1.807) is 18.2 Å². The van der Waals surface area contributed by atoms with Crippen molar-refractivity contribution in [2.45, 2.75) is 32.8 Å². The van der Waals surface area contributed by atoms with Gasteiger partial charge >= 0.3 is 0 Å². The number of benzene rings is 1. The molecule has 3 nitrogen and oxygen atoms in total. The average Bonchev–Trinajstić information content (AvgIpc) is 3.01. The monoisotopic (exact) mass is 222 g/mol. The highest BCUT2D eigenvalue weighted by Gasteiger charge is 2.22. The lowest BCUT2D eigenvalue weighted by molar-refractivity contribution is 0.217. The molecule has 3 heteroatoms. The summed E-state index contributed by atoms with van der Waals surface area (Å²) in [5.74, 6) is 2.24. The van der Waals surface area contributed by atoms with Crippen LogP contribution in [0.4, 0.5) is 0 Å². The maximum Gasteiger partial charge on any atom is 0.164 e. The molecule has 0 atom stereocenters. The maximum absolute atomic E-state index is 9.42. The van der Waals surface area contributed by atoms with Crippen molar-refractivity contribution in [2.24, 2.45) is 5.92 Å². The molecule has 1 N–H and O–H groups in total. The van der Waals surface area contributed by atoms with Crippen molar-refractivity contribution in [1.82, 2.24) is 0 Å². The molecule has 1 aliphatic rings. The first-order valence-electron chi connectivity index (χ1n) is 5.77. The number of ether oxygens (including phenoxy) is 2. The zero-order chi connectivity index (χ0) is 11.5. The SMILES string of the molecule is CC(C)Oc1ccc(O)cc1OCC1CC1. The van der Waals surface area contributed by atoms with Crippen LogP contribution < -0.4 is 9.47 Å². The van der Waals surface area contributed by atoms with Gasteiger partial charge in [0.25, 0.3) is 0 Å². The minimum absolute atomic E-state index is 0.104. The predicted molar refractivity (Wildman–Crippen MR) is 62.1 cm³/mol. The number of phenolic OH excluding ortho intramolecular Hbond substituents is 1. The highest BCUT2D eigenvalue weighted by molar-refractivity contribution is 5.45. The third-order valence-electron chi connectivity index (χ3n) is 2.46. The predicted octanol–water partition coefficient (Wildman–Crippen LogP) is 2.97. The van der Waals surface area contributed by atoms with E-state index in [4.69, 9.17) is 9.47 Å². The number of hydrogen-bond donors (Lipinski definition) is 1. The summed E-state index contributed by atoms with van der Waals surface area (Å²) in [4.78, 5) is 0. The molecule has 0 spiro atoms. The molecule has 0 bridgehead atoms. The third kappa shape index (κ3) is 3.05. The number of aromatic hydroxyl groups is 1. The van der Waals surface area contributed by atoms with Crippen LogP contribution in [0.2, 0.25) is 0 Å². The van der Waals surface area contributed by atoms with Crippen molar-refractivity contribution in [3.8, 4) is 17.2 Å². The van der Waals surface area contributed by atoms with Crippen molar-refractivity contribution in [2.75, 3.05) is 6.61 Å². The summed E-state index contributed by atoms with van der Waals surface area (Å²) in [6.07, 6.45) is 2.60. The average molecular weight is 222 g/mol. The second-order valence-electron chi connectivity index (χ2n) is 4.55. The van der Waals surface area contributed by atoms with Crippen molar-refractivity contribution in [3.05, 3.63) is 18.2 Å². The third-order valence-corrected chi connectivity index (χ3v) is 2.46. The summed E-state index contributed by atoms with van der Waals surface area (Å²) in [6, 6.07) is 4.97. The molecule has 1 aromatic rings. The highest BCUT2D eigenvalue weighted by atomic mass is 16.5. The van der Waals surface area contributed by atoms with Gasteiger partial charge in [0.15, 0.2) is 11.5 Å². The Balaban J connectivity index is 2.07. The molecule has 0 aromatic heterocycles. The van der Waals surface area contributed by atoms with Crippen LogP contribution in [0.15, 0.2) is 18.2 Å². The van der Waals surface area contributed by atoms with Crippen molar-refractivity contribution >= 4 is 0 Å². The molecule has 0 amide bonds. The summed E-state index contributed by atoms with van der Waals surface area (Å²) < 4.78 is 11.3. The lowest BCUT2D eigenvalue weighted by atomic mass is 10.3. The molecule has 0 heterocycles. The van der Waals surface area contributed by atoms with Gasteiger partial charge in [0, 0.05) is 6.07 Å². The number of phenols is 1. The molecule has 0 aliphatic heterocycles. The van der Waals surface area contributed by atoms with Crippen LogP contribution in [0.5, 0.6) is 17.2 Å². The Kier molecular flexibility index (Phi) is 3.22. The molecule has 0 radical (unpaired) electrons. The molecule has 16 heavy (non-hydrogen) atoms. The summed E-state index contributed by atoms with van der Waals surface area (Å²) in [5, 5.41) is 9.42. The first-order valence-corrected chi connectivity index (χ1v) is 5.77. The Hall–Kier alpha value is -1.38. The lowest BCUT2D eigenvalue weighted by Gasteiger charge is -2.15. The zero-order valence-electron chi connectivity index (χ0n) is 9.77. The molecule has 1 aliphatic carbocycles. The van der Waals surface area contributed by atoms with E-state index >= 15 is 0 Å². The molecule has 0 saturated heterocycles. The molecule has 0 unspecified atom stereocenters. The summed E-state index contributed by atoms with van der Waals surface area (Å²) >= 11 is 0. The minimum Gasteiger partial charge on any atom is -0.508 e. The summed E-state index contributed by atoms with van der Waals surface area (Å²) in [6.45, 7) is 4.66. The second kappa shape index (κ2) is 4.64. The normalized spacial score (nSPS) is 15.2. The van der Waals surface area contributed by atoms with Gasteiger partial charge in [-0.05, 0) is 44.7 Å². The maximum atomic E-state index is 9.42. The Labute approximate surface area is 96.0 Å². The van der Waals surface area contributed by atoms with Crippen LogP contribution in [-0.2, 0) is 0 Å². The van der Waals surface area contributed by atoms with Crippen LogP contribution in [0.25, 0.3) is 0 Å². The highest BCUT2D eigenvalue weighted by Crippen LogP contribution is 2.35. The first-order chi connectivity index (χ1) is 7.65. The second-order valence-corrected chi connectivity index (χ2v) is 4.55. The van der Waals surface area contributed by atoms with Crippen LogP contribution >= 0.6 is 0 Å². The fourth-order valence-corrected chi connectivity index (χ4v) is 1.45. The Morgan fingerprint density at radius 3 is 2.69 bits per heavy atom. The number of hydrogen-bond acceptors (Lipinski definition) is 3. The zero-order valence-corrected chi connectivity index (χ0v) is 9.77. The van der Waals surface area contributed by atoms with Crippen LogP contribution in [-0.4, -0.2) is 17.8 Å². The largest absolute Gasteiger partial charge is 0.508 e. The minimum atomic E-state index is 0.104. The van der Waals surface area contributed by atoms with E-state index in [1.807, 2.05) is 13.8 Å². The van der Waals surface area contributed by atoms with Crippen LogP contribution in [0.1, 0.15) is 26.7 Å². The van der Waals surface area contributed by atoms with Gasteiger partial charge in [-0.2, -0.15) is 0 Å². The molecule has 2 rings (SSSR count). The topological polar surface area (TPSA) is 38.7 Å². The molecule has 88 valence electrons. The van der Waals surface area contributed by atoms with Gasteiger partial charge in [-0.25, -0.2) is 0 Å². The van der Waals surface area contributed by atoms with E-state index in [9.17, 15) is 5.11 Å². The van der Waals surface area contributed by atoms with Crippen molar-refractivity contribution < 1.29 is 14.6 Å². The van der Waals surface area contributed by atoms with Crippen LogP contribution in [0, 0.1) is 5.92 Å². The van der Waals surface area contributed by atoms with E-state index in [2.05, 4.69) is 0 Å². The Bertz CT molecular complexity index is 356. The molecule has 1 fully saturated rings. The summed E-state index contributed by atoms with van der Waals surface area (Å²) in [7, 11) is 0. The lowest BCUT2D eigenvalue weighted by Crippen LogP contribution is -2.08. The van der Waals surface area contributed by atoms with E-state index in [1.165, 1.54) is 12.8 Å². The van der Waals surface area contributed by atoms with Gasteiger partial charge in [-0.1, -0.05) is 0 Å². The summed E-state index contributed by atoms with van der Waals surface area (Å²) in [5.41, 5.74) is 0. The first kappa shape index (κ1) is 11.1. The fourth-order valence-electron chi connectivity index (χ4n) is 1.45. The van der Waals surface area contributed by atoms with Gasteiger partial charge in [0.05, 0.1) is 12.7 Å². The van der Waals surface area contributed by atoms with Gasteiger partial charge in [0.1, 0.15) is 5.75 Å². The van der Waals surface area contributed by atoms with Crippen LogP contribution in [0.3, 0.4) is 0 Å². The Morgan fingerprint density at radius 1 is 1.31 bits per heavy atom. The number of rotatable bonds is 5. The molecular formula is C13H18O3. The molecule has 1 saturated carbocycles.